The average molecular weight is 198 g/mol. The maximum absolute atomic E-state index is 13.8. The molecule has 15 heavy (non-hydrogen) atoms. The highest BCUT2D eigenvalue weighted by atomic mass is 19.1. The van der Waals surface area contributed by atoms with Gasteiger partial charge in [0.15, 0.2) is 0 Å². The zero-order valence-electron chi connectivity index (χ0n) is 8.33. The van der Waals surface area contributed by atoms with Crippen molar-refractivity contribution in [3.05, 3.63) is 53.4 Å². The van der Waals surface area contributed by atoms with Crippen molar-refractivity contribution in [2.24, 2.45) is 0 Å². The van der Waals surface area contributed by atoms with Crippen LogP contribution in [-0.4, -0.2) is 0 Å². The summed E-state index contributed by atoms with van der Waals surface area (Å²) in [6.45, 7) is 0. The van der Waals surface area contributed by atoms with Gasteiger partial charge >= 0.3 is 0 Å². The van der Waals surface area contributed by atoms with Crippen molar-refractivity contribution >= 4 is 16.8 Å². The lowest BCUT2D eigenvalue weighted by atomic mass is 9.92. The van der Waals surface area contributed by atoms with Crippen LogP contribution < -0.4 is 0 Å². The van der Waals surface area contributed by atoms with Crippen molar-refractivity contribution in [2.45, 2.75) is 12.8 Å². The highest BCUT2D eigenvalue weighted by Crippen LogP contribution is 2.29. The summed E-state index contributed by atoms with van der Waals surface area (Å²) in [7, 11) is 0. The molecule has 2 aromatic carbocycles. The fourth-order valence-corrected chi connectivity index (χ4v) is 2.26. The molecule has 74 valence electrons. The molecule has 0 N–H and O–H groups in total. The first kappa shape index (κ1) is 8.66. The first-order chi connectivity index (χ1) is 7.36. The largest absolute Gasteiger partial charge is 0.207 e. The molecule has 0 bridgehead atoms. The molecule has 0 aliphatic heterocycles. The molecule has 1 aliphatic rings. The number of hydrogen-bond acceptors (Lipinski definition) is 0. The SMILES string of the molecule is Fc1cc2ccccc2c2c1CCC=C2. The van der Waals surface area contributed by atoms with Crippen LogP contribution in [0.25, 0.3) is 16.8 Å². The Morgan fingerprint density at radius 3 is 2.93 bits per heavy atom. The predicted octanol–water partition coefficient (Wildman–Crippen LogP) is 3.94. The van der Waals surface area contributed by atoms with Crippen molar-refractivity contribution in [2.75, 3.05) is 0 Å². The summed E-state index contributed by atoms with van der Waals surface area (Å²) in [6.07, 6.45) is 5.93. The molecule has 0 saturated heterocycles. The van der Waals surface area contributed by atoms with E-state index in [1.807, 2.05) is 24.3 Å². The van der Waals surface area contributed by atoms with Gasteiger partial charge in [0.25, 0.3) is 0 Å². The van der Waals surface area contributed by atoms with E-state index in [1.165, 1.54) is 0 Å². The second-order valence-electron chi connectivity index (χ2n) is 3.91. The topological polar surface area (TPSA) is 0 Å². The number of allylic oxidation sites excluding steroid dienone is 1. The first-order valence-electron chi connectivity index (χ1n) is 5.23. The van der Waals surface area contributed by atoms with Crippen LogP contribution in [0.15, 0.2) is 36.4 Å². The Morgan fingerprint density at radius 1 is 1.13 bits per heavy atom. The van der Waals surface area contributed by atoms with Crippen LogP contribution in [0, 0.1) is 5.82 Å². The van der Waals surface area contributed by atoms with Gasteiger partial charge in [0, 0.05) is 0 Å². The summed E-state index contributed by atoms with van der Waals surface area (Å²) in [6, 6.07) is 9.61. The smallest absolute Gasteiger partial charge is 0.127 e. The second kappa shape index (κ2) is 3.20. The Labute approximate surface area is 88.0 Å². The number of fused-ring (bicyclic) bond motifs is 3. The lowest BCUT2D eigenvalue weighted by molar-refractivity contribution is 0.610. The van der Waals surface area contributed by atoms with Crippen molar-refractivity contribution in [3.63, 3.8) is 0 Å². The Morgan fingerprint density at radius 2 is 2.00 bits per heavy atom. The Kier molecular flexibility index (Phi) is 1.84. The van der Waals surface area contributed by atoms with E-state index in [1.54, 1.807) is 6.07 Å². The Hall–Kier alpha value is -1.63. The Bertz CT molecular complexity index is 553. The van der Waals surface area contributed by atoms with Crippen molar-refractivity contribution in [1.29, 1.82) is 0 Å². The van der Waals surface area contributed by atoms with E-state index in [4.69, 9.17) is 0 Å². The van der Waals surface area contributed by atoms with Gasteiger partial charge < -0.3 is 0 Å². The van der Waals surface area contributed by atoms with E-state index in [0.29, 0.717) is 0 Å². The van der Waals surface area contributed by atoms with Gasteiger partial charge in [-0.3, -0.25) is 0 Å². The molecule has 0 radical (unpaired) electrons. The second-order valence-corrected chi connectivity index (χ2v) is 3.91. The molecule has 2 aromatic rings. The molecule has 0 saturated carbocycles. The molecule has 3 rings (SSSR count). The van der Waals surface area contributed by atoms with E-state index in [-0.39, 0.29) is 5.82 Å². The minimum absolute atomic E-state index is 0.0620. The minimum atomic E-state index is -0.0620. The van der Waals surface area contributed by atoms with Crippen LogP contribution in [-0.2, 0) is 6.42 Å². The zero-order valence-corrected chi connectivity index (χ0v) is 8.33. The van der Waals surface area contributed by atoms with Crippen LogP contribution >= 0.6 is 0 Å². The average Bonchev–Trinajstić information content (AvgIpc) is 2.30. The molecule has 0 amide bonds. The molecule has 0 atom stereocenters. The molecule has 0 unspecified atom stereocenters. The highest BCUT2D eigenvalue weighted by molar-refractivity contribution is 5.92. The van der Waals surface area contributed by atoms with Crippen molar-refractivity contribution in [3.8, 4) is 0 Å². The number of hydrogen-bond donors (Lipinski definition) is 0. The monoisotopic (exact) mass is 198 g/mol. The van der Waals surface area contributed by atoms with Gasteiger partial charge in [-0.15, -0.1) is 0 Å². The number of rotatable bonds is 0. The molecular weight excluding hydrogens is 187 g/mol. The third-order valence-electron chi connectivity index (χ3n) is 2.99. The molecule has 0 spiro atoms. The molecule has 0 heterocycles. The molecular formula is C14H11F. The summed E-state index contributed by atoms with van der Waals surface area (Å²) in [4.78, 5) is 0. The van der Waals surface area contributed by atoms with Crippen LogP contribution in [0.4, 0.5) is 4.39 Å². The molecule has 0 fully saturated rings. The predicted molar refractivity (Wildman–Crippen MR) is 61.3 cm³/mol. The number of halogens is 1. The maximum Gasteiger partial charge on any atom is 0.127 e. The summed E-state index contributed by atoms with van der Waals surface area (Å²) in [5, 5.41) is 2.14. The van der Waals surface area contributed by atoms with Gasteiger partial charge in [-0.1, -0.05) is 36.4 Å². The third-order valence-corrected chi connectivity index (χ3v) is 2.99. The third kappa shape index (κ3) is 1.27. The van der Waals surface area contributed by atoms with E-state index < -0.39 is 0 Å². The van der Waals surface area contributed by atoms with E-state index in [2.05, 4.69) is 12.1 Å². The van der Waals surface area contributed by atoms with Crippen molar-refractivity contribution in [1.82, 2.24) is 0 Å². The van der Waals surface area contributed by atoms with Crippen LogP contribution in [0.2, 0.25) is 0 Å². The summed E-state index contributed by atoms with van der Waals surface area (Å²) in [5.74, 6) is -0.0620. The minimum Gasteiger partial charge on any atom is -0.207 e. The van der Waals surface area contributed by atoms with Gasteiger partial charge in [0.2, 0.25) is 0 Å². The standard InChI is InChI=1S/C14H11F/c15-14-9-10-5-1-2-6-11(10)12-7-3-4-8-13(12)14/h1-3,5-7,9H,4,8H2. The fraction of sp³-hybridized carbons (Fsp3) is 0.143. The van der Waals surface area contributed by atoms with E-state index >= 15 is 0 Å². The van der Waals surface area contributed by atoms with E-state index in [0.717, 1.165) is 34.7 Å². The van der Waals surface area contributed by atoms with Crippen LogP contribution in [0.3, 0.4) is 0 Å². The first-order valence-corrected chi connectivity index (χ1v) is 5.23. The molecule has 1 aliphatic carbocycles. The van der Waals surface area contributed by atoms with Gasteiger partial charge in [-0.05, 0) is 40.8 Å². The highest BCUT2D eigenvalue weighted by Gasteiger charge is 2.12. The van der Waals surface area contributed by atoms with Gasteiger partial charge in [-0.2, -0.15) is 0 Å². The summed E-state index contributed by atoms with van der Waals surface area (Å²) >= 11 is 0. The van der Waals surface area contributed by atoms with Gasteiger partial charge in [0.1, 0.15) is 5.82 Å². The van der Waals surface area contributed by atoms with Crippen LogP contribution in [0.5, 0.6) is 0 Å². The lowest BCUT2D eigenvalue weighted by Gasteiger charge is -2.14. The normalized spacial score (nSPS) is 14.2. The molecule has 0 aromatic heterocycles. The van der Waals surface area contributed by atoms with Gasteiger partial charge in [-0.25, -0.2) is 4.39 Å². The van der Waals surface area contributed by atoms with Crippen LogP contribution in [0.1, 0.15) is 17.5 Å². The number of benzene rings is 2. The molecule has 0 nitrogen and oxygen atoms in total. The molecule has 1 heteroatoms. The quantitative estimate of drug-likeness (QED) is 0.601. The summed E-state index contributed by atoms with van der Waals surface area (Å²) < 4.78 is 13.8. The Balaban J connectivity index is 2.46. The maximum atomic E-state index is 13.8. The van der Waals surface area contributed by atoms with E-state index in [9.17, 15) is 4.39 Å². The van der Waals surface area contributed by atoms with Crippen molar-refractivity contribution < 1.29 is 4.39 Å². The summed E-state index contributed by atoms with van der Waals surface area (Å²) in [5.41, 5.74) is 1.94. The zero-order chi connectivity index (χ0) is 10.3. The van der Waals surface area contributed by atoms with Gasteiger partial charge in [0.05, 0.1) is 0 Å². The lowest BCUT2D eigenvalue weighted by Crippen LogP contribution is -1.99. The fourth-order valence-electron chi connectivity index (χ4n) is 2.26.